The molecular weight excluding hydrogens is 494 g/mol. The summed E-state index contributed by atoms with van der Waals surface area (Å²) in [6.07, 6.45) is 6.34. The fraction of sp³-hybridized carbons (Fsp3) is 0.562. The van der Waals surface area contributed by atoms with E-state index < -0.39 is 17.9 Å². The number of nitrogens with zero attached hydrogens (tertiary/aromatic N) is 1. The summed E-state index contributed by atoms with van der Waals surface area (Å²) < 4.78 is 25.3. The fourth-order valence-electron chi connectivity index (χ4n) is 7.73. The number of carbonyl (C=O) groups excluding carboxylic acids is 2. The van der Waals surface area contributed by atoms with Crippen LogP contribution in [0.5, 0.6) is 0 Å². The summed E-state index contributed by atoms with van der Waals surface area (Å²) >= 11 is 0. The molecule has 1 spiro atoms. The normalized spacial score (nSPS) is 28.3. The Balaban J connectivity index is 1.29. The first kappa shape index (κ1) is 26.5. The molecule has 0 aromatic heterocycles. The quantitative estimate of drug-likeness (QED) is 0.277. The molecule has 208 valence electrons. The van der Waals surface area contributed by atoms with Crippen LogP contribution in [0, 0.1) is 5.92 Å². The van der Waals surface area contributed by atoms with E-state index >= 15 is 0 Å². The van der Waals surface area contributed by atoms with Gasteiger partial charge >= 0.3 is 11.9 Å². The van der Waals surface area contributed by atoms with Gasteiger partial charge in [0.1, 0.15) is 6.10 Å². The molecule has 7 heteroatoms. The molecule has 0 saturated carbocycles. The molecule has 2 aromatic carbocycles. The Kier molecular flexibility index (Phi) is 7.49. The first-order valence-electron chi connectivity index (χ1n) is 14.7. The Bertz CT molecular complexity index is 1090. The standard InChI is InChI=1S/C32H40NO6/c1-23(37-30(34)24-16-19-36-22-24)39-32(25-10-4-2-5-11-25,26-12-6-3-7-13-26)31(35)38-29-20-27-14-15-28(21-29)33(27)17-8-9-18-33/h2-7,10-13,23-24,27-29H,8-9,14-22H2,1H3/q+1. The van der Waals surface area contributed by atoms with Gasteiger partial charge in [-0.3, -0.25) is 4.79 Å². The molecule has 4 atom stereocenters. The molecule has 39 heavy (non-hydrogen) atoms. The van der Waals surface area contributed by atoms with Crippen LogP contribution < -0.4 is 0 Å². The molecule has 7 nitrogen and oxygen atoms in total. The lowest BCUT2D eigenvalue weighted by atomic mass is 9.85. The lowest BCUT2D eigenvalue weighted by molar-refractivity contribution is -0.956. The number of carbonyl (C=O) groups is 2. The lowest BCUT2D eigenvalue weighted by Gasteiger charge is -2.47. The van der Waals surface area contributed by atoms with Gasteiger partial charge in [0, 0.05) is 45.1 Å². The molecule has 0 amide bonds. The first-order chi connectivity index (χ1) is 19.0. The van der Waals surface area contributed by atoms with Crippen LogP contribution in [0.3, 0.4) is 0 Å². The van der Waals surface area contributed by atoms with Gasteiger partial charge in [-0.1, -0.05) is 60.7 Å². The van der Waals surface area contributed by atoms with Gasteiger partial charge in [0.15, 0.2) is 0 Å². The van der Waals surface area contributed by atoms with E-state index in [0.717, 1.165) is 12.8 Å². The molecular formula is C32H40NO6+. The smallest absolute Gasteiger partial charge is 0.348 e. The van der Waals surface area contributed by atoms with Crippen LogP contribution in [0.4, 0.5) is 0 Å². The summed E-state index contributed by atoms with van der Waals surface area (Å²) in [4.78, 5) is 27.2. The summed E-state index contributed by atoms with van der Waals surface area (Å²) in [5.74, 6) is -1.14. The van der Waals surface area contributed by atoms with E-state index in [1.54, 1.807) is 6.92 Å². The molecule has 4 aliphatic rings. The number of piperidine rings is 1. The average Bonchev–Trinajstić information content (AvgIpc) is 3.70. The Morgan fingerprint density at radius 3 is 2.03 bits per heavy atom. The third-order valence-electron chi connectivity index (χ3n) is 9.57. The van der Waals surface area contributed by atoms with Crippen molar-refractivity contribution in [2.24, 2.45) is 5.92 Å². The van der Waals surface area contributed by atoms with Gasteiger partial charge in [0.25, 0.3) is 0 Å². The minimum absolute atomic E-state index is 0.150. The van der Waals surface area contributed by atoms with Crippen molar-refractivity contribution in [1.82, 2.24) is 0 Å². The van der Waals surface area contributed by atoms with Gasteiger partial charge in [-0.25, -0.2) is 4.79 Å². The van der Waals surface area contributed by atoms with Gasteiger partial charge in [0.05, 0.1) is 37.7 Å². The zero-order chi connectivity index (χ0) is 26.9. The van der Waals surface area contributed by atoms with Crippen molar-refractivity contribution in [2.45, 2.75) is 81.9 Å². The van der Waals surface area contributed by atoms with Gasteiger partial charge in [0.2, 0.25) is 11.9 Å². The van der Waals surface area contributed by atoms with Crippen molar-refractivity contribution in [3.63, 3.8) is 0 Å². The molecule has 4 fully saturated rings. The number of quaternary nitrogens is 1. The monoisotopic (exact) mass is 534 g/mol. The minimum atomic E-state index is -1.58. The molecule has 4 saturated heterocycles. The Hall–Kier alpha value is -2.74. The molecule has 2 aromatic rings. The molecule has 6 rings (SSSR count). The third-order valence-corrected chi connectivity index (χ3v) is 9.57. The maximum absolute atomic E-state index is 14.4. The van der Waals surface area contributed by atoms with E-state index in [2.05, 4.69) is 0 Å². The van der Waals surface area contributed by atoms with E-state index in [9.17, 15) is 9.59 Å². The van der Waals surface area contributed by atoms with Crippen LogP contribution in [-0.2, 0) is 34.1 Å². The summed E-state index contributed by atoms with van der Waals surface area (Å²) in [6.45, 7) is 5.10. The summed E-state index contributed by atoms with van der Waals surface area (Å²) in [7, 11) is 0. The number of benzene rings is 2. The van der Waals surface area contributed by atoms with Crippen LogP contribution in [0.15, 0.2) is 60.7 Å². The van der Waals surface area contributed by atoms with E-state index in [1.165, 1.54) is 43.3 Å². The first-order valence-corrected chi connectivity index (χ1v) is 14.7. The Morgan fingerprint density at radius 1 is 0.897 bits per heavy atom. The van der Waals surface area contributed by atoms with Crippen LogP contribution in [0.25, 0.3) is 0 Å². The Labute approximate surface area is 231 Å². The summed E-state index contributed by atoms with van der Waals surface area (Å²) in [5.41, 5.74) is -0.282. The predicted octanol–water partition coefficient (Wildman–Crippen LogP) is 4.72. The largest absolute Gasteiger partial charge is 0.459 e. The molecule has 4 unspecified atom stereocenters. The summed E-state index contributed by atoms with van der Waals surface area (Å²) in [6, 6.07) is 20.0. The number of rotatable bonds is 8. The van der Waals surface area contributed by atoms with Crippen LogP contribution in [0.2, 0.25) is 0 Å². The Morgan fingerprint density at radius 2 is 1.49 bits per heavy atom. The highest BCUT2D eigenvalue weighted by molar-refractivity contribution is 5.86. The molecule has 0 aliphatic carbocycles. The minimum Gasteiger partial charge on any atom is -0.459 e. The third kappa shape index (κ3) is 4.90. The predicted molar refractivity (Wildman–Crippen MR) is 144 cm³/mol. The van der Waals surface area contributed by atoms with Gasteiger partial charge in [-0.2, -0.15) is 0 Å². The van der Waals surface area contributed by atoms with Crippen molar-refractivity contribution in [3.8, 4) is 0 Å². The number of esters is 2. The van der Waals surface area contributed by atoms with Crippen LogP contribution in [-0.4, -0.2) is 67.2 Å². The molecule has 0 N–H and O–H groups in total. The van der Waals surface area contributed by atoms with E-state index in [4.69, 9.17) is 18.9 Å². The maximum Gasteiger partial charge on any atom is 0.348 e. The maximum atomic E-state index is 14.4. The molecule has 4 heterocycles. The number of ether oxygens (including phenoxy) is 4. The SMILES string of the molecule is CC(OC(=O)C1CCOC1)OC(C(=O)OC1CC2CCC(C1)[N+]21CCCC1)(c1ccccc1)c1ccccc1. The number of hydrogen-bond acceptors (Lipinski definition) is 6. The molecule has 4 aliphatic heterocycles. The zero-order valence-corrected chi connectivity index (χ0v) is 22.8. The van der Waals surface area contributed by atoms with Crippen molar-refractivity contribution in [2.75, 3.05) is 26.3 Å². The van der Waals surface area contributed by atoms with Gasteiger partial charge in [-0.15, -0.1) is 0 Å². The highest BCUT2D eigenvalue weighted by atomic mass is 16.7. The highest BCUT2D eigenvalue weighted by Gasteiger charge is 2.57. The average molecular weight is 535 g/mol. The summed E-state index contributed by atoms with van der Waals surface area (Å²) in [5, 5.41) is 0. The van der Waals surface area contributed by atoms with Crippen LogP contribution in [0.1, 0.15) is 63.0 Å². The second-order valence-electron chi connectivity index (χ2n) is 11.7. The van der Waals surface area contributed by atoms with Crippen LogP contribution >= 0.6 is 0 Å². The van der Waals surface area contributed by atoms with Gasteiger partial charge in [-0.05, 0) is 24.5 Å². The van der Waals surface area contributed by atoms with Crippen molar-refractivity contribution < 1.29 is 33.0 Å². The molecule has 0 radical (unpaired) electrons. The van der Waals surface area contributed by atoms with Gasteiger partial charge < -0.3 is 23.4 Å². The second-order valence-corrected chi connectivity index (χ2v) is 11.7. The zero-order valence-electron chi connectivity index (χ0n) is 22.8. The van der Waals surface area contributed by atoms with Crippen molar-refractivity contribution in [3.05, 3.63) is 71.8 Å². The highest BCUT2D eigenvalue weighted by Crippen LogP contribution is 2.47. The molecule has 2 bridgehead atoms. The lowest BCUT2D eigenvalue weighted by Crippen LogP contribution is -2.60. The van der Waals surface area contributed by atoms with E-state index in [-0.39, 0.29) is 18.0 Å². The fourth-order valence-corrected chi connectivity index (χ4v) is 7.73. The second kappa shape index (κ2) is 11.0. The van der Waals surface area contributed by atoms with E-state index in [0.29, 0.717) is 42.8 Å². The topological polar surface area (TPSA) is 71.1 Å². The van der Waals surface area contributed by atoms with E-state index in [1.807, 2.05) is 60.7 Å². The van der Waals surface area contributed by atoms with Crippen molar-refractivity contribution >= 4 is 11.9 Å². The van der Waals surface area contributed by atoms with Crippen molar-refractivity contribution in [1.29, 1.82) is 0 Å². The number of hydrogen-bond donors (Lipinski definition) is 0.